The summed E-state index contributed by atoms with van der Waals surface area (Å²) in [7, 11) is 4.19. The molecule has 254 valence electrons. The third kappa shape index (κ3) is 10.5. The van der Waals surface area contributed by atoms with Crippen LogP contribution in [0, 0.1) is 11.8 Å². The number of rotatable bonds is 8. The van der Waals surface area contributed by atoms with Crippen LogP contribution in [0.2, 0.25) is 0 Å². The first kappa shape index (κ1) is 38.1. The van der Waals surface area contributed by atoms with Gasteiger partial charge in [0.05, 0.1) is 18.9 Å². The molecule has 0 radical (unpaired) electrons. The summed E-state index contributed by atoms with van der Waals surface area (Å²) >= 11 is 0. The molecule has 2 rings (SSSR count). The molecule has 0 saturated heterocycles. The van der Waals surface area contributed by atoms with Crippen molar-refractivity contribution in [3.05, 3.63) is 58.6 Å². The number of Topliss-reactive ketones (excluding diaryl/α,β-unsaturated/α-hetero) is 1. The topological polar surface area (TPSA) is 179 Å². The van der Waals surface area contributed by atoms with Crippen molar-refractivity contribution >= 4 is 29.5 Å². The van der Waals surface area contributed by atoms with E-state index in [2.05, 4.69) is 5.32 Å². The second kappa shape index (κ2) is 18.2. The number of nitrogens with one attached hydrogen (secondary N) is 1. The van der Waals surface area contributed by atoms with E-state index in [-0.39, 0.29) is 41.5 Å². The minimum absolute atomic E-state index is 0.102. The number of carbonyl (C=O) groups excluding carboxylic acids is 5. The number of amides is 2. The number of methoxy groups -OCH3 is 3. The Hall–Kier alpha value is -4.07. The zero-order valence-electron chi connectivity index (χ0n) is 27.7. The first-order valence-electron chi connectivity index (χ1n) is 15.0. The number of hydrogen-bond donors (Lipinski definition) is 2. The average Bonchev–Trinajstić information content (AvgIpc) is 3.00. The zero-order chi connectivity index (χ0) is 34.6. The van der Waals surface area contributed by atoms with Crippen LogP contribution in [0.1, 0.15) is 47.5 Å². The molecule has 0 aromatic carbocycles. The first-order chi connectivity index (χ1) is 21.8. The zero-order valence-corrected chi connectivity index (χ0v) is 27.7. The fourth-order valence-electron chi connectivity index (χ4n) is 5.32. The summed E-state index contributed by atoms with van der Waals surface area (Å²) < 4.78 is 33.3. The molecule has 1 heterocycles. The lowest BCUT2D eigenvalue weighted by Crippen LogP contribution is -2.40. The van der Waals surface area contributed by atoms with Crippen LogP contribution in [0.5, 0.6) is 0 Å². The Morgan fingerprint density at radius 2 is 1.74 bits per heavy atom. The average molecular weight is 647 g/mol. The molecule has 0 unspecified atom stereocenters. The van der Waals surface area contributed by atoms with E-state index in [1.165, 1.54) is 40.4 Å². The van der Waals surface area contributed by atoms with Crippen molar-refractivity contribution in [1.29, 1.82) is 0 Å². The molecule has 2 amide bonds. The van der Waals surface area contributed by atoms with Crippen LogP contribution in [0.25, 0.3) is 0 Å². The standard InChI is InChI=1S/C33H46N2O11/c1-9-44-17-27(37)45-30-21(5)15-20(4)29(46-33(34)40)25(41-6)12-10-11-19(3)32(39)35-23-16-24(36)31(43-8)22(28(23)38)13-18(2)14-26(30)42-7/h10-12,15-16,18,21,25-26,29-30H,9,13-14,17H2,1-8H3,(H2,34,40)(H,35,39)/b12-10-,19-11+,20-15+/t18-,21+,25+,26+,29+,30+/m1/s1. The van der Waals surface area contributed by atoms with E-state index in [9.17, 15) is 24.0 Å². The van der Waals surface area contributed by atoms with Gasteiger partial charge in [-0.1, -0.05) is 38.2 Å². The minimum Gasteiger partial charge on any atom is -0.492 e. The van der Waals surface area contributed by atoms with Gasteiger partial charge in [0.1, 0.15) is 18.8 Å². The summed E-state index contributed by atoms with van der Waals surface area (Å²) in [6.07, 6.45) is 3.42. The Labute approximate surface area is 269 Å². The first-order valence-corrected chi connectivity index (χ1v) is 15.0. The Morgan fingerprint density at radius 1 is 1.04 bits per heavy atom. The number of allylic oxidation sites excluding steroid dienone is 4. The van der Waals surface area contributed by atoms with Gasteiger partial charge in [0.2, 0.25) is 11.6 Å². The van der Waals surface area contributed by atoms with E-state index in [1.54, 1.807) is 26.0 Å². The number of esters is 1. The molecule has 2 bridgehead atoms. The van der Waals surface area contributed by atoms with E-state index in [0.717, 1.165) is 6.08 Å². The summed E-state index contributed by atoms with van der Waals surface area (Å²) in [6.45, 7) is 8.71. The van der Waals surface area contributed by atoms with E-state index >= 15 is 0 Å². The molecule has 6 atom stereocenters. The molecule has 3 N–H and O–H groups in total. The Morgan fingerprint density at radius 3 is 2.33 bits per heavy atom. The maximum Gasteiger partial charge on any atom is 0.405 e. The van der Waals surface area contributed by atoms with Gasteiger partial charge in [0.25, 0.3) is 5.91 Å². The monoisotopic (exact) mass is 646 g/mol. The number of nitrogens with two attached hydrogens (primary N) is 1. The van der Waals surface area contributed by atoms with E-state index in [0.29, 0.717) is 18.6 Å². The van der Waals surface area contributed by atoms with Gasteiger partial charge in [0.15, 0.2) is 11.9 Å². The van der Waals surface area contributed by atoms with Gasteiger partial charge in [-0.05, 0) is 45.1 Å². The fourth-order valence-corrected chi connectivity index (χ4v) is 5.32. The summed E-state index contributed by atoms with van der Waals surface area (Å²) in [5.41, 5.74) is 6.09. The van der Waals surface area contributed by atoms with Gasteiger partial charge in [0, 0.05) is 44.0 Å². The number of carbonyl (C=O) groups is 5. The highest BCUT2D eigenvalue weighted by Gasteiger charge is 2.36. The molecule has 46 heavy (non-hydrogen) atoms. The number of ether oxygens (including phenoxy) is 6. The van der Waals surface area contributed by atoms with Crippen LogP contribution in [0.3, 0.4) is 0 Å². The molecule has 0 aromatic rings. The molecule has 0 aromatic heterocycles. The van der Waals surface area contributed by atoms with Crippen molar-refractivity contribution in [1.82, 2.24) is 5.32 Å². The van der Waals surface area contributed by atoms with Crippen LogP contribution < -0.4 is 11.1 Å². The van der Waals surface area contributed by atoms with Gasteiger partial charge in [-0.3, -0.25) is 14.4 Å². The number of primary amides is 1. The van der Waals surface area contributed by atoms with Gasteiger partial charge >= 0.3 is 12.1 Å². The smallest absolute Gasteiger partial charge is 0.405 e. The lowest BCUT2D eigenvalue weighted by molar-refractivity contribution is -0.165. The molecule has 13 nitrogen and oxygen atoms in total. The summed E-state index contributed by atoms with van der Waals surface area (Å²) in [5.74, 6) is -3.22. The molecular formula is C33H46N2O11. The normalized spacial score (nSPS) is 29.8. The predicted octanol–water partition coefficient (Wildman–Crippen LogP) is 3.00. The lowest BCUT2D eigenvalue weighted by atomic mass is 9.85. The third-order valence-electron chi connectivity index (χ3n) is 7.60. The Kier molecular flexibility index (Phi) is 15.1. The second-order valence-corrected chi connectivity index (χ2v) is 11.2. The van der Waals surface area contributed by atoms with Gasteiger partial charge in [-0.2, -0.15) is 0 Å². The Bertz CT molecular complexity index is 1310. The summed E-state index contributed by atoms with van der Waals surface area (Å²) in [5, 5.41) is 2.53. The lowest BCUT2D eigenvalue weighted by Gasteiger charge is -2.32. The van der Waals surface area contributed by atoms with Crippen molar-refractivity contribution in [2.75, 3.05) is 34.5 Å². The van der Waals surface area contributed by atoms with Crippen molar-refractivity contribution in [2.24, 2.45) is 17.6 Å². The summed E-state index contributed by atoms with van der Waals surface area (Å²) in [6, 6.07) is 0. The highest BCUT2D eigenvalue weighted by Crippen LogP contribution is 2.30. The highest BCUT2D eigenvalue weighted by molar-refractivity contribution is 6.23. The SMILES string of the molecule is CCOCC(=O)O[C@@H]1[C@@H](OC)C[C@H](C)CC2=C(OC)C(=O)C=C(NC(=O)/C(C)=C/C=C\[C@H](OC)[C@@H](OC(N)=O)/C(C)=C/[C@@H]1C)C2=O. The highest BCUT2D eigenvalue weighted by atomic mass is 16.6. The predicted molar refractivity (Wildman–Crippen MR) is 167 cm³/mol. The van der Waals surface area contributed by atoms with Crippen molar-refractivity contribution in [2.45, 2.75) is 71.9 Å². The fraction of sp³-hybridized carbons (Fsp3) is 0.545. The number of ketones is 2. The minimum atomic E-state index is -1.03. The third-order valence-corrected chi connectivity index (χ3v) is 7.60. The molecular weight excluding hydrogens is 600 g/mol. The van der Waals surface area contributed by atoms with Gasteiger partial charge in [-0.25, -0.2) is 9.59 Å². The largest absolute Gasteiger partial charge is 0.492 e. The quantitative estimate of drug-likeness (QED) is 0.225. The molecule has 0 spiro atoms. The van der Waals surface area contributed by atoms with Crippen LogP contribution in [-0.2, 0) is 47.6 Å². The van der Waals surface area contributed by atoms with E-state index < -0.39 is 59.9 Å². The summed E-state index contributed by atoms with van der Waals surface area (Å²) in [4.78, 5) is 64.1. The van der Waals surface area contributed by atoms with Crippen LogP contribution in [0.15, 0.2) is 58.6 Å². The maximum absolute atomic E-state index is 13.5. The van der Waals surface area contributed by atoms with Crippen LogP contribution in [0.4, 0.5) is 4.79 Å². The van der Waals surface area contributed by atoms with Crippen molar-refractivity contribution in [3.63, 3.8) is 0 Å². The van der Waals surface area contributed by atoms with Crippen LogP contribution in [-0.4, -0.2) is 88.5 Å². The molecule has 0 saturated carbocycles. The molecule has 13 heteroatoms. The molecule has 1 aliphatic heterocycles. The molecule has 0 fully saturated rings. The van der Waals surface area contributed by atoms with E-state index in [1.807, 2.05) is 13.8 Å². The van der Waals surface area contributed by atoms with Crippen LogP contribution >= 0.6 is 0 Å². The maximum atomic E-state index is 13.5. The van der Waals surface area contributed by atoms with Gasteiger partial charge < -0.3 is 39.5 Å². The number of fused-ring (bicyclic) bond motifs is 2. The molecule has 1 aliphatic carbocycles. The molecule has 2 aliphatic rings. The second-order valence-electron chi connectivity index (χ2n) is 11.2. The van der Waals surface area contributed by atoms with Gasteiger partial charge in [-0.15, -0.1) is 0 Å². The van der Waals surface area contributed by atoms with Crippen molar-refractivity contribution < 1.29 is 52.4 Å². The number of hydrogen-bond acceptors (Lipinski definition) is 11. The van der Waals surface area contributed by atoms with E-state index in [4.69, 9.17) is 34.2 Å². The Balaban J connectivity index is 2.70. The van der Waals surface area contributed by atoms with Crippen molar-refractivity contribution in [3.8, 4) is 0 Å².